The standard InChI is InChI=1S/C44H68N4O7/c1-9-10-16-32(49)39(53)29(21-27-17-18-27)22-33(50)38-30-19-20-44(7,8)31(30)25-48(38)40(54)37(28-14-12-11-13-15-28)46-41(55)45-34(42(2,3)4)26-47-35(51)23-43(5,6)24-36(47)52/h9,27-31,34,37-38H,1,10-26H2,2-8H3,(H2,45,46,55)/t29?,30-,31-,34+,37-,38-/m0/s1. The van der Waals surface area contributed by atoms with Crippen LogP contribution in [0, 0.1) is 45.8 Å². The van der Waals surface area contributed by atoms with E-state index in [0.717, 1.165) is 57.8 Å². The third-order valence-corrected chi connectivity index (χ3v) is 13.6. The number of amides is 5. The molecule has 3 saturated carbocycles. The molecule has 5 amide bonds. The van der Waals surface area contributed by atoms with Crippen LogP contribution in [0.15, 0.2) is 12.7 Å². The second-order valence-corrected chi connectivity index (χ2v) is 20.2. The summed E-state index contributed by atoms with van der Waals surface area (Å²) in [6.45, 7) is 18.1. The number of likely N-dealkylation sites (tertiary alicyclic amines) is 2. The number of imide groups is 1. The molecule has 2 aliphatic heterocycles. The second-order valence-electron chi connectivity index (χ2n) is 20.2. The number of nitrogens with one attached hydrogen (secondary N) is 2. The molecule has 2 heterocycles. The molecule has 0 bridgehead atoms. The summed E-state index contributed by atoms with van der Waals surface area (Å²) in [4.78, 5) is 99.2. The van der Waals surface area contributed by atoms with E-state index in [0.29, 0.717) is 25.3 Å². The van der Waals surface area contributed by atoms with Gasteiger partial charge in [-0.05, 0) is 78.4 Å². The highest BCUT2D eigenvalue weighted by Gasteiger charge is 2.57. The summed E-state index contributed by atoms with van der Waals surface area (Å²) in [5.74, 6) is -2.34. The van der Waals surface area contributed by atoms with Gasteiger partial charge in [-0.1, -0.05) is 86.6 Å². The lowest BCUT2D eigenvalue weighted by Gasteiger charge is -2.40. The molecule has 5 aliphatic rings. The minimum absolute atomic E-state index is 0.0324. The van der Waals surface area contributed by atoms with Crippen LogP contribution in [0.3, 0.4) is 0 Å². The van der Waals surface area contributed by atoms with Gasteiger partial charge in [0, 0.05) is 44.7 Å². The summed E-state index contributed by atoms with van der Waals surface area (Å²) in [5, 5.41) is 6.11. The Labute approximate surface area is 328 Å². The first-order valence-corrected chi connectivity index (χ1v) is 21.1. The van der Waals surface area contributed by atoms with Gasteiger partial charge in [-0.3, -0.25) is 33.7 Å². The predicted molar refractivity (Wildman–Crippen MR) is 210 cm³/mol. The Balaban J connectivity index is 1.38. The number of carbonyl (C=O) groups excluding carboxylic acids is 7. The van der Waals surface area contributed by atoms with Crippen molar-refractivity contribution >= 4 is 41.1 Å². The van der Waals surface area contributed by atoms with Crippen molar-refractivity contribution in [1.29, 1.82) is 0 Å². The quantitative estimate of drug-likeness (QED) is 0.103. The van der Waals surface area contributed by atoms with Gasteiger partial charge in [-0.2, -0.15) is 0 Å². The Morgan fingerprint density at radius 2 is 1.55 bits per heavy atom. The molecule has 11 nitrogen and oxygen atoms in total. The molecule has 5 fully saturated rings. The molecule has 55 heavy (non-hydrogen) atoms. The maximum absolute atomic E-state index is 15.0. The van der Waals surface area contributed by atoms with Crippen molar-refractivity contribution in [3.8, 4) is 0 Å². The van der Waals surface area contributed by atoms with Crippen molar-refractivity contribution < 1.29 is 33.6 Å². The highest BCUT2D eigenvalue weighted by atomic mass is 16.2. The van der Waals surface area contributed by atoms with Gasteiger partial charge in [0.2, 0.25) is 23.5 Å². The molecule has 0 aromatic rings. The zero-order valence-corrected chi connectivity index (χ0v) is 34.7. The summed E-state index contributed by atoms with van der Waals surface area (Å²) in [7, 11) is 0. The molecule has 2 N–H and O–H groups in total. The molecular formula is C44H68N4O7. The maximum Gasteiger partial charge on any atom is 0.315 e. The summed E-state index contributed by atoms with van der Waals surface area (Å²) >= 11 is 0. The van der Waals surface area contributed by atoms with E-state index >= 15 is 4.79 Å². The number of ketones is 3. The highest BCUT2D eigenvalue weighted by molar-refractivity contribution is 6.38. The lowest BCUT2D eigenvalue weighted by atomic mass is 9.78. The zero-order chi connectivity index (χ0) is 40.5. The molecule has 11 heteroatoms. The Bertz CT molecular complexity index is 1500. The van der Waals surface area contributed by atoms with Crippen molar-refractivity contribution in [1.82, 2.24) is 20.4 Å². The monoisotopic (exact) mass is 765 g/mol. The van der Waals surface area contributed by atoms with Crippen LogP contribution in [0.4, 0.5) is 4.79 Å². The molecule has 0 aromatic heterocycles. The van der Waals surface area contributed by atoms with E-state index in [-0.39, 0.29) is 78.9 Å². The third-order valence-electron chi connectivity index (χ3n) is 13.6. The highest BCUT2D eigenvalue weighted by Crippen LogP contribution is 2.53. The molecule has 5 rings (SSSR count). The second kappa shape index (κ2) is 17.0. The molecular weight excluding hydrogens is 697 g/mol. The number of Topliss-reactive ketones (excluding diaryl/α,β-unsaturated/α-hetero) is 3. The normalized spacial score (nSPS) is 26.9. The van der Waals surface area contributed by atoms with Crippen molar-refractivity contribution in [3.05, 3.63) is 12.7 Å². The number of rotatable bonds is 16. The maximum atomic E-state index is 15.0. The molecule has 0 radical (unpaired) electrons. The van der Waals surface area contributed by atoms with Crippen molar-refractivity contribution in [2.24, 2.45) is 45.8 Å². The van der Waals surface area contributed by atoms with Gasteiger partial charge in [0.05, 0.1) is 12.1 Å². The van der Waals surface area contributed by atoms with Gasteiger partial charge < -0.3 is 15.5 Å². The largest absolute Gasteiger partial charge is 0.333 e. The number of urea groups is 1. The van der Waals surface area contributed by atoms with Crippen LogP contribution >= 0.6 is 0 Å². The predicted octanol–water partition coefficient (Wildman–Crippen LogP) is 6.57. The average Bonchev–Trinajstić information content (AvgIpc) is 3.75. The van der Waals surface area contributed by atoms with Crippen LogP contribution in [0.5, 0.6) is 0 Å². The lowest BCUT2D eigenvalue weighted by molar-refractivity contribution is -0.153. The van der Waals surface area contributed by atoms with Crippen LogP contribution in [0.25, 0.3) is 0 Å². The van der Waals surface area contributed by atoms with Gasteiger partial charge in [0.25, 0.3) is 0 Å². The van der Waals surface area contributed by atoms with Gasteiger partial charge >= 0.3 is 6.03 Å². The van der Waals surface area contributed by atoms with E-state index in [1.54, 1.807) is 11.0 Å². The molecule has 0 aromatic carbocycles. The first-order chi connectivity index (χ1) is 25.7. The summed E-state index contributed by atoms with van der Waals surface area (Å²) in [6.07, 6.45) is 11.2. The van der Waals surface area contributed by atoms with Crippen molar-refractivity contribution in [2.45, 2.75) is 163 Å². The summed E-state index contributed by atoms with van der Waals surface area (Å²) < 4.78 is 0. The number of fused-ring (bicyclic) bond motifs is 1. The Morgan fingerprint density at radius 1 is 0.909 bits per heavy atom. The number of piperidine rings is 1. The molecule has 6 atom stereocenters. The number of hydrogen-bond donors (Lipinski definition) is 2. The number of carbonyl (C=O) groups is 7. The Morgan fingerprint density at radius 3 is 2.13 bits per heavy atom. The van der Waals surface area contributed by atoms with E-state index in [4.69, 9.17) is 0 Å². The fourth-order valence-electron chi connectivity index (χ4n) is 9.95. The number of nitrogens with zero attached hydrogens (tertiary/aromatic N) is 2. The SMILES string of the molecule is C=CCCC(=O)C(=O)C(CC(=O)[C@@H]1[C@H]2CCC(C)(C)[C@H]2CN1C(=O)[C@@H](NC(=O)N[C@H](CN1C(=O)CC(C)(C)CC1=O)C(C)(C)C)C1CCCCC1)CC1CC1. The van der Waals surface area contributed by atoms with E-state index in [9.17, 15) is 28.8 Å². The van der Waals surface area contributed by atoms with Crippen LogP contribution in [0.1, 0.15) is 145 Å². The first-order valence-electron chi connectivity index (χ1n) is 21.1. The topological polar surface area (TPSA) is 150 Å². The third kappa shape index (κ3) is 10.3. The van der Waals surface area contributed by atoms with E-state index in [1.807, 2.05) is 34.6 Å². The van der Waals surface area contributed by atoms with E-state index in [1.165, 1.54) is 4.90 Å². The average molecular weight is 765 g/mol. The van der Waals surface area contributed by atoms with Gasteiger partial charge in [0.15, 0.2) is 11.6 Å². The number of allylic oxidation sites excluding steroid dienone is 1. The molecule has 306 valence electrons. The molecule has 1 unspecified atom stereocenters. The molecule has 0 spiro atoms. The summed E-state index contributed by atoms with van der Waals surface area (Å²) in [6, 6.07) is -2.73. The van der Waals surface area contributed by atoms with Gasteiger partial charge in [-0.25, -0.2) is 4.79 Å². The zero-order valence-electron chi connectivity index (χ0n) is 34.7. The lowest BCUT2D eigenvalue weighted by Crippen LogP contribution is -2.61. The van der Waals surface area contributed by atoms with E-state index in [2.05, 4.69) is 31.1 Å². The fourth-order valence-corrected chi connectivity index (χ4v) is 9.95. The Kier molecular flexibility index (Phi) is 13.2. The van der Waals surface area contributed by atoms with Crippen LogP contribution < -0.4 is 10.6 Å². The Hall–Kier alpha value is -3.37. The van der Waals surface area contributed by atoms with Crippen molar-refractivity contribution in [3.63, 3.8) is 0 Å². The molecule has 3 aliphatic carbocycles. The minimum atomic E-state index is -0.874. The van der Waals surface area contributed by atoms with Crippen LogP contribution in [-0.4, -0.2) is 82.1 Å². The fraction of sp³-hybridized carbons (Fsp3) is 0.795. The van der Waals surface area contributed by atoms with Crippen LogP contribution in [0.2, 0.25) is 0 Å². The van der Waals surface area contributed by atoms with Crippen LogP contribution in [-0.2, 0) is 28.8 Å². The van der Waals surface area contributed by atoms with Gasteiger partial charge in [0.1, 0.15) is 6.04 Å². The smallest absolute Gasteiger partial charge is 0.315 e. The van der Waals surface area contributed by atoms with Gasteiger partial charge in [-0.15, -0.1) is 6.58 Å². The first kappa shape index (κ1) is 42.8. The number of hydrogen-bond acceptors (Lipinski definition) is 7. The molecule has 2 saturated heterocycles. The summed E-state index contributed by atoms with van der Waals surface area (Å²) in [5.41, 5.74) is -1.03. The van der Waals surface area contributed by atoms with Crippen molar-refractivity contribution in [2.75, 3.05) is 13.1 Å². The van der Waals surface area contributed by atoms with E-state index < -0.39 is 52.5 Å². The minimum Gasteiger partial charge on any atom is -0.333 e.